The van der Waals surface area contributed by atoms with Crippen molar-refractivity contribution in [3.8, 4) is 0 Å². The first-order chi connectivity index (χ1) is 40.6. The Balaban J connectivity index is 1.74. The Labute approximate surface area is 499 Å². The lowest BCUT2D eigenvalue weighted by molar-refractivity contribution is -0.332. The Bertz CT molecular complexity index is 1980. The van der Waals surface area contributed by atoms with Crippen LogP contribution in [0.4, 0.5) is 0 Å². The highest BCUT2D eigenvalue weighted by molar-refractivity contribution is 5.69. The summed E-state index contributed by atoms with van der Waals surface area (Å²) in [5, 5.41) is 72.5. The van der Waals surface area contributed by atoms with E-state index < -0.39 is 86.7 Å². The van der Waals surface area contributed by atoms with Gasteiger partial charge in [0.25, 0.3) is 0 Å². The average molecular weight is 1160 g/mol. The van der Waals surface area contributed by atoms with Gasteiger partial charge in [-0.15, -0.1) is 0 Å². The zero-order valence-electron chi connectivity index (χ0n) is 50.4. The van der Waals surface area contributed by atoms with E-state index >= 15 is 0 Å². The molecule has 83 heavy (non-hydrogen) atoms. The number of esters is 1. The molecule has 14 heteroatoms. The highest BCUT2D eigenvalue weighted by Gasteiger charge is 2.47. The number of allylic oxidation sites excluding steroid dienone is 26. The minimum Gasteiger partial charge on any atom is -0.457 e. The van der Waals surface area contributed by atoms with E-state index in [1.165, 1.54) is 0 Å². The Morgan fingerprint density at radius 2 is 0.747 bits per heavy atom. The van der Waals surface area contributed by atoms with Crippen LogP contribution < -0.4 is 0 Å². The van der Waals surface area contributed by atoms with Gasteiger partial charge in [-0.3, -0.25) is 4.79 Å². The number of aliphatic hydroxyl groups is 7. The maximum absolute atomic E-state index is 13.1. The molecular formula is C69H108O14. The number of carbonyl (C=O) groups excluding carboxylic acids is 1. The third-order valence-corrected chi connectivity index (χ3v) is 13.5. The number of hydrogen-bond acceptors (Lipinski definition) is 14. The average Bonchev–Trinajstić information content (AvgIpc) is 3.67. The Kier molecular flexibility index (Phi) is 47.8. The van der Waals surface area contributed by atoms with E-state index in [1.807, 2.05) is 0 Å². The number of hydrogen-bond donors (Lipinski definition) is 7. The number of ether oxygens (including phenoxy) is 6. The first-order valence-electron chi connectivity index (χ1n) is 31.1. The van der Waals surface area contributed by atoms with Crippen LogP contribution in [0, 0.1) is 0 Å². The van der Waals surface area contributed by atoms with E-state index in [9.17, 15) is 40.5 Å². The molecule has 11 atom stereocenters. The summed E-state index contributed by atoms with van der Waals surface area (Å²) in [4.78, 5) is 13.1. The molecule has 468 valence electrons. The minimum absolute atomic E-state index is 0.0126. The molecule has 0 saturated carbocycles. The van der Waals surface area contributed by atoms with Gasteiger partial charge in [0.05, 0.1) is 26.4 Å². The second-order valence-corrected chi connectivity index (χ2v) is 20.8. The van der Waals surface area contributed by atoms with Gasteiger partial charge < -0.3 is 64.2 Å². The third kappa shape index (κ3) is 39.0. The fourth-order valence-corrected chi connectivity index (χ4v) is 8.62. The quantitative estimate of drug-likeness (QED) is 0.0172. The van der Waals surface area contributed by atoms with Crippen LogP contribution in [0.5, 0.6) is 0 Å². The molecule has 0 aromatic heterocycles. The second kappa shape index (κ2) is 53.1. The molecule has 11 unspecified atom stereocenters. The zero-order chi connectivity index (χ0) is 60.1. The van der Waals surface area contributed by atoms with Gasteiger partial charge in [0.15, 0.2) is 12.6 Å². The van der Waals surface area contributed by atoms with Crippen molar-refractivity contribution in [2.45, 2.75) is 235 Å². The van der Waals surface area contributed by atoms with Gasteiger partial charge in [-0.2, -0.15) is 0 Å². The van der Waals surface area contributed by atoms with E-state index in [4.69, 9.17) is 28.4 Å². The molecular weight excluding hydrogens is 1050 g/mol. The lowest BCUT2D eigenvalue weighted by Gasteiger charge is -2.42. The SMILES string of the molecule is CC/C=C\C/C=C\C/C=C\C/C=C\C/C=C\C/C=C\C/C=C\CCCCOCC(COC1OC(COC2OC(CO)C(O)C(O)C2O)C(O)C(O)C1O)OC(=O)CCCCCCCC/C=C\C/C=C\C/C=C\C/C=C\C/C=C\C/C=C\CC. The summed E-state index contributed by atoms with van der Waals surface area (Å²) in [6, 6.07) is 0. The summed E-state index contributed by atoms with van der Waals surface area (Å²) in [6.45, 7) is 3.29. The molecule has 0 spiro atoms. The molecule has 0 aromatic carbocycles. The van der Waals surface area contributed by atoms with Gasteiger partial charge in [-0.25, -0.2) is 0 Å². The highest BCUT2D eigenvalue weighted by Crippen LogP contribution is 2.26. The van der Waals surface area contributed by atoms with Gasteiger partial charge in [-0.1, -0.05) is 198 Å². The summed E-state index contributed by atoms with van der Waals surface area (Å²) >= 11 is 0. The molecule has 2 heterocycles. The number of aliphatic hydroxyl groups excluding tert-OH is 7. The van der Waals surface area contributed by atoms with E-state index in [2.05, 4.69) is 172 Å². The van der Waals surface area contributed by atoms with Crippen molar-refractivity contribution < 1.29 is 69.0 Å². The van der Waals surface area contributed by atoms with Crippen LogP contribution in [0.2, 0.25) is 0 Å². The van der Waals surface area contributed by atoms with Crippen LogP contribution in [0.3, 0.4) is 0 Å². The lowest BCUT2D eigenvalue weighted by atomic mass is 9.98. The van der Waals surface area contributed by atoms with Gasteiger partial charge in [0, 0.05) is 13.0 Å². The third-order valence-electron chi connectivity index (χ3n) is 13.5. The van der Waals surface area contributed by atoms with Gasteiger partial charge in [0.1, 0.15) is 54.9 Å². The van der Waals surface area contributed by atoms with E-state index in [1.54, 1.807) is 0 Å². The molecule has 0 bridgehead atoms. The summed E-state index contributed by atoms with van der Waals surface area (Å²) < 4.78 is 34.4. The summed E-state index contributed by atoms with van der Waals surface area (Å²) in [7, 11) is 0. The molecule has 0 radical (unpaired) electrons. The molecule has 2 aliphatic heterocycles. The largest absolute Gasteiger partial charge is 0.457 e. The molecule has 2 saturated heterocycles. The highest BCUT2D eigenvalue weighted by atomic mass is 16.7. The smallest absolute Gasteiger partial charge is 0.306 e. The first-order valence-corrected chi connectivity index (χ1v) is 31.1. The van der Waals surface area contributed by atoms with Gasteiger partial charge in [-0.05, 0) is 122 Å². The number of carbonyl (C=O) groups is 1. The first kappa shape index (κ1) is 74.7. The van der Waals surface area contributed by atoms with E-state index in [0.29, 0.717) is 13.0 Å². The fourth-order valence-electron chi connectivity index (χ4n) is 8.62. The Morgan fingerprint density at radius 1 is 0.398 bits per heavy atom. The Morgan fingerprint density at radius 3 is 1.17 bits per heavy atom. The molecule has 2 rings (SSSR count). The monoisotopic (exact) mass is 1160 g/mol. The summed E-state index contributed by atoms with van der Waals surface area (Å²) in [5.41, 5.74) is 0. The van der Waals surface area contributed by atoms with Crippen LogP contribution in [-0.4, -0.2) is 142 Å². The van der Waals surface area contributed by atoms with Crippen molar-refractivity contribution in [1.82, 2.24) is 0 Å². The summed E-state index contributed by atoms with van der Waals surface area (Å²) in [6.07, 6.45) is 63.0. The van der Waals surface area contributed by atoms with E-state index in [0.717, 1.165) is 141 Å². The molecule has 2 aliphatic rings. The topological polar surface area (TPSA) is 214 Å². The van der Waals surface area contributed by atoms with Gasteiger partial charge in [0.2, 0.25) is 0 Å². The van der Waals surface area contributed by atoms with Crippen LogP contribution in [0.15, 0.2) is 158 Å². The van der Waals surface area contributed by atoms with Crippen molar-refractivity contribution in [2.75, 3.05) is 33.0 Å². The predicted octanol–water partition coefficient (Wildman–Crippen LogP) is 12.2. The second-order valence-electron chi connectivity index (χ2n) is 20.8. The lowest BCUT2D eigenvalue weighted by Crippen LogP contribution is -2.61. The molecule has 2 fully saturated rings. The maximum atomic E-state index is 13.1. The van der Waals surface area contributed by atoms with Crippen LogP contribution in [-0.2, 0) is 33.2 Å². The molecule has 7 N–H and O–H groups in total. The zero-order valence-corrected chi connectivity index (χ0v) is 50.4. The number of unbranched alkanes of at least 4 members (excludes halogenated alkanes) is 8. The maximum Gasteiger partial charge on any atom is 0.306 e. The molecule has 14 nitrogen and oxygen atoms in total. The van der Waals surface area contributed by atoms with Crippen molar-refractivity contribution in [3.63, 3.8) is 0 Å². The van der Waals surface area contributed by atoms with E-state index in [-0.39, 0.29) is 19.6 Å². The number of rotatable bonds is 48. The van der Waals surface area contributed by atoms with Crippen LogP contribution >= 0.6 is 0 Å². The van der Waals surface area contributed by atoms with Crippen molar-refractivity contribution in [3.05, 3.63) is 158 Å². The predicted molar refractivity (Wildman–Crippen MR) is 334 cm³/mol. The standard InChI is InChI=1S/C69H108O14/c1-3-5-7-9-11-13-15-17-19-21-23-25-27-29-30-32-34-36-38-40-42-44-46-48-50-52-61(71)81-58(56-79-68-67(77)65(75)63(73)60(83-68)57-80-69-66(76)64(74)62(72)59(54-70)82-69)55-78-53-51-49-47-45-43-41-39-37-35-33-31-28-26-24-22-20-18-16-14-12-10-8-6-4-2/h5-8,11-14,17-20,23-26,29-31,33-34,36-37,39,43,45,58-60,62-70,72-77H,3-4,9-10,15-16,21-22,27-28,32,35,38,40-42,44,46-57H2,1-2H3/b7-5-,8-6-,13-11-,14-12-,19-17-,20-18-,25-23-,26-24-,30-29-,33-31-,36-34-,39-37-,45-43-. The molecule has 0 aromatic rings. The van der Waals surface area contributed by atoms with Crippen molar-refractivity contribution >= 4 is 5.97 Å². The van der Waals surface area contributed by atoms with Crippen molar-refractivity contribution in [2.24, 2.45) is 0 Å². The fraction of sp³-hybridized carbons (Fsp3) is 0.609. The Hall–Kier alpha value is -4.39. The summed E-state index contributed by atoms with van der Waals surface area (Å²) in [5.74, 6) is -0.414. The van der Waals surface area contributed by atoms with Crippen LogP contribution in [0.25, 0.3) is 0 Å². The van der Waals surface area contributed by atoms with Gasteiger partial charge >= 0.3 is 5.97 Å². The molecule has 0 amide bonds. The minimum atomic E-state index is -1.73. The van der Waals surface area contributed by atoms with Crippen molar-refractivity contribution in [1.29, 1.82) is 0 Å². The van der Waals surface area contributed by atoms with Crippen LogP contribution in [0.1, 0.15) is 168 Å². The normalized spacial score (nSPS) is 24.5. The molecule has 0 aliphatic carbocycles.